The van der Waals surface area contributed by atoms with Crippen molar-refractivity contribution in [3.05, 3.63) is 67.6 Å². The van der Waals surface area contributed by atoms with E-state index in [1.54, 1.807) is 0 Å². The van der Waals surface area contributed by atoms with Gasteiger partial charge in [0.2, 0.25) is 0 Å². The maximum Gasteiger partial charge on any atom is 0.0335 e. The summed E-state index contributed by atoms with van der Waals surface area (Å²) in [6.07, 6.45) is 0.847. The lowest BCUT2D eigenvalue weighted by Gasteiger charge is -2.15. The molecule has 0 spiro atoms. The molecule has 2 aromatic carbocycles. The molecule has 19 heavy (non-hydrogen) atoms. The zero-order valence-corrected chi connectivity index (χ0v) is 14.3. The standard InChI is InChI=1S/C16H17Br2N/c1-10-6-13(7-11(2)16(10)18)15(19)9-12-4-3-5-14(17)8-12/h3-8,15H,9,19H2,1-2H3. The van der Waals surface area contributed by atoms with Gasteiger partial charge in [-0.3, -0.25) is 0 Å². The molecule has 0 saturated heterocycles. The maximum absolute atomic E-state index is 6.33. The summed E-state index contributed by atoms with van der Waals surface area (Å²) in [6.45, 7) is 4.21. The van der Waals surface area contributed by atoms with Gasteiger partial charge in [-0.2, -0.15) is 0 Å². The fourth-order valence-electron chi connectivity index (χ4n) is 2.23. The first kappa shape index (κ1) is 14.8. The molecule has 1 nitrogen and oxygen atoms in total. The highest BCUT2D eigenvalue weighted by atomic mass is 79.9. The molecule has 0 aliphatic carbocycles. The summed E-state index contributed by atoms with van der Waals surface area (Å²) in [5.74, 6) is 0. The maximum atomic E-state index is 6.33. The molecule has 2 aromatic rings. The Kier molecular flexibility index (Phi) is 4.82. The third-order valence-electron chi connectivity index (χ3n) is 3.23. The van der Waals surface area contributed by atoms with Crippen molar-refractivity contribution in [1.82, 2.24) is 0 Å². The van der Waals surface area contributed by atoms with Gasteiger partial charge in [0, 0.05) is 15.0 Å². The van der Waals surface area contributed by atoms with Crippen LogP contribution in [-0.4, -0.2) is 0 Å². The zero-order chi connectivity index (χ0) is 14.0. The second-order valence-corrected chi connectivity index (χ2v) is 6.62. The molecule has 0 amide bonds. The van der Waals surface area contributed by atoms with E-state index in [1.165, 1.54) is 26.7 Å². The summed E-state index contributed by atoms with van der Waals surface area (Å²) in [5.41, 5.74) is 11.2. The molecule has 0 heterocycles. The SMILES string of the molecule is Cc1cc(C(N)Cc2cccc(Br)c2)cc(C)c1Br. The Morgan fingerprint density at radius 3 is 2.26 bits per heavy atom. The molecule has 2 N–H and O–H groups in total. The predicted molar refractivity (Wildman–Crippen MR) is 88.4 cm³/mol. The van der Waals surface area contributed by atoms with E-state index in [0.717, 1.165) is 10.9 Å². The largest absolute Gasteiger partial charge is 0.324 e. The second kappa shape index (κ2) is 6.21. The Hall–Kier alpha value is -0.640. The number of hydrogen-bond donors (Lipinski definition) is 1. The monoisotopic (exact) mass is 381 g/mol. The van der Waals surface area contributed by atoms with Gasteiger partial charge < -0.3 is 5.73 Å². The van der Waals surface area contributed by atoms with Gasteiger partial charge >= 0.3 is 0 Å². The number of hydrogen-bond acceptors (Lipinski definition) is 1. The van der Waals surface area contributed by atoms with E-state index in [0.29, 0.717) is 0 Å². The number of aryl methyl sites for hydroxylation is 2. The van der Waals surface area contributed by atoms with E-state index >= 15 is 0 Å². The van der Waals surface area contributed by atoms with Crippen LogP contribution in [0, 0.1) is 13.8 Å². The number of halogens is 2. The van der Waals surface area contributed by atoms with Crippen molar-refractivity contribution in [3.63, 3.8) is 0 Å². The molecule has 1 unspecified atom stereocenters. The fraction of sp³-hybridized carbons (Fsp3) is 0.250. The van der Waals surface area contributed by atoms with Crippen LogP contribution in [-0.2, 0) is 6.42 Å². The van der Waals surface area contributed by atoms with Gasteiger partial charge in [0.15, 0.2) is 0 Å². The van der Waals surface area contributed by atoms with Gasteiger partial charge in [-0.1, -0.05) is 56.1 Å². The van der Waals surface area contributed by atoms with Crippen LogP contribution in [0.1, 0.15) is 28.3 Å². The van der Waals surface area contributed by atoms with Crippen LogP contribution in [0.5, 0.6) is 0 Å². The molecule has 0 bridgehead atoms. The highest BCUT2D eigenvalue weighted by Gasteiger charge is 2.10. The first-order valence-electron chi connectivity index (χ1n) is 6.24. The third-order valence-corrected chi connectivity index (χ3v) is 4.98. The van der Waals surface area contributed by atoms with Gasteiger partial charge in [-0.05, 0) is 54.7 Å². The van der Waals surface area contributed by atoms with Gasteiger partial charge in [-0.15, -0.1) is 0 Å². The molecular weight excluding hydrogens is 366 g/mol. The normalized spacial score (nSPS) is 12.5. The van der Waals surface area contributed by atoms with E-state index in [4.69, 9.17) is 5.73 Å². The molecule has 0 saturated carbocycles. The van der Waals surface area contributed by atoms with Gasteiger partial charge in [0.05, 0.1) is 0 Å². The van der Waals surface area contributed by atoms with Crippen LogP contribution in [0.4, 0.5) is 0 Å². The highest BCUT2D eigenvalue weighted by Crippen LogP contribution is 2.26. The summed E-state index contributed by atoms with van der Waals surface area (Å²) in [5, 5.41) is 0. The lowest BCUT2D eigenvalue weighted by molar-refractivity contribution is 0.720. The van der Waals surface area contributed by atoms with Crippen molar-refractivity contribution in [1.29, 1.82) is 0 Å². The third kappa shape index (κ3) is 3.68. The minimum atomic E-state index is 0.0276. The second-order valence-electron chi connectivity index (χ2n) is 4.91. The lowest BCUT2D eigenvalue weighted by Crippen LogP contribution is -2.14. The first-order valence-corrected chi connectivity index (χ1v) is 7.82. The smallest absolute Gasteiger partial charge is 0.0335 e. The van der Waals surface area contributed by atoms with E-state index in [2.05, 4.69) is 70.0 Å². The average molecular weight is 383 g/mol. The van der Waals surface area contributed by atoms with Gasteiger partial charge in [-0.25, -0.2) is 0 Å². The number of rotatable bonds is 3. The van der Waals surface area contributed by atoms with Crippen molar-refractivity contribution in [3.8, 4) is 0 Å². The molecule has 1 atom stereocenters. The molecule has 0 aromatic heterocycles. The van der Waals surface area contributed by atoms with Gasteiger partial charge in [0.25, 0.3) is 0 Å². The Labute approximate surface area is 131 Å². The predicted octanol–water partition coefficient (Wildman–Crippen LogP) is 5.07. The summed E-state index contributed by atoms with van der Waals surface area (Å²) in [6, 6.07) is 12.7. The Morgan fingerprint density at radius 2 is 1.68 bits per heavy atom. The highest BCUT2D eigenvalue weighted by molar-refractivity contribution is 9.10. The molecule has 3 heteroatoms. The van der Waals surface area contributed by atoms with Crippen molar-refractivity contribution >= 4 is 31.9 Å². The quantitative estimate of drug-likeness (QED) is 0.787. The summed E-state index contributed by atoms with van der Waals surface area (Å²) in [7, 11) is 0. The topological polar surface area (TPSA) is 26.0 Å². The van der Waals surface area contributed by atoms with Crippen LogP contribution >= 0.6 is 31.9 Å². The molecule has 0 aliphatic heterocycles. The first-order chi connectivity index (χ1) is 8.97. The van der Waals surface area contributed by atoms with Crippen LogP contribution < -0.4 is 5.73 Å². The number of benzene rings is 2. The minimum absolute atomic E-state index is 0.0276. The van der Waals surface area contributed by atoms with Crippen LogP contribution in [0.3, 0.4) is 0 Å². The minimum Gasteiger partial charge on any atom is -0.324 e. The van der Waals surface area contributed by atoms with E-state index in [-0.39, 0.29) is 6.04 Å². The molecule has 2 rings (SSSR count). The van der Waals surface area contributed by atoms with Gasteiger partial charge in [0.1, 0.15) is 0 Å². The van der Waals surface area contributed by atoms with Crippen molar-refractivity contribution in [2.24, 2.45) is 5.73 Å². The summed E-state index contributed by atoms with van der Waals surface area (Å²) in [4.78, 5) is 0. The van der Waals surface area contributed by atoms with Crippen molar-refractivity contribution in [2.45, 2.75) is 26.3 Å². The molecule has 0 fully saturated rings. The summed E-state index contributed by atoms with van der Waals surface area (Å²) < 4.78 is 2.27. The summed E-state index contributed by atoms with van der Waals surface area (Å²) >= 11 is 7.09. The molecule has 0 radical (unpaired) electrons. The van der Waals surface area contributed by atoms with Crippen molar-refractivity contribution in [2.75, 3.05) is 0 Å². The van der Waals surface area contributed by atoms with E-state index in [1.807, 2.05) is 12.1 Å². The number of nitrogens with two attached hydrogens (primary N) is 1. The van der Waals surface area contributed by atoms with E-state index in [9.17, 15) is 0 Å². The van der Waals surface area contributed by atoms with Crippen LogP contribution in [0.25, 0.3) is 0 Å². The Balaban J connectivity index is 2.23. The van der Waals surface area contributed by atoms with Crippen molar-refractivity contribution < 1.29 is 0 Å². The lowest BCUT2D eigenvalue weighted by atomic mass is 9.97. The Morgan fingerprint density at radius 1 is 1.05 bits per heavy atom. The molecule has 100 valence electrons. The average Bonchev–Trinajstić information content (AvgIpc) is 2.35. The van der Waals surface area contributed by atoms with Crippen LogP contribution in [0.2, 0.25) is 0 Å². The fourth-order valence-corrected chi connectivity index (χ4v) is 2.90. The molecular formula is C16H17Br2N. The molecule has 0 aliphatic rings. The zero-order valence-electron chi connectivity index (χ0n) is 11.1. The Bertz CT molecular complexity index is 570. The van der Waals surface area contributed by atoms with Crippen LogP contribution in [0.15, 0.2) is 45.3 Å². The van der Waals surface area contributed by atoms with E-state index < -0.39 is 0 Å².